The van der Waals surface area contributed by atoms with Crippen molar-refractivity contribution in [3.8, 4) is 0 Å². The van der Waals surface area contributed by atoms with Gasteiger partial charge in [0.1, 0.15) is 0 Å². The Bertz CT molecular complexity index is 383. The second-order valence-corrected chi connectivity index (χ2v) is 5.66. The fourth-order valence-electron chi connectivity index (χ4n) is 3.83. The van der Waals surface area contributed by atoms with E-state index < -0.39 is 0 Å². The molecule has 4 atom stereocenters. The van der Waals surface area contributed by atoms with E-state index in [2.05, 4.69) is 16.9 Å². The number of isocyanates is 2. The van der Waals surface area contributed by atoms with Gasteiger partial charge in [0, 0.05) is 0 Å². The number of hydrogen-bond donors (Lipinski definition) is 0. The van der Waals surface area contributed by atoms with Gasteiger partial charge in [0.05, 0.1) is 12.6 Å². The number of carbonyl (C=O) groups excluding carboxylic acids is 2. The van der Waals surface area contributed by atoms with Gasteiger partial charge in [-0.3, -0.25) is 0 Å². The van der Waals surface area contributed by atoms with E-state index in [0.29, 0.717) is 23.8 Å². The summed E-state index contributed by atoms with van der Waals surface area (Å²) < 4.78 is 0. The van der Waals surface area contributed by atoms with Crippen LogP contribution in [0.3, 0.4) is 0 Å². The van der Waals surface area contributed by atoms with Crippen LogP contribution in [0.4, 0.5) is 0 Å². The Labute approximate surface area is 101 Å². The lowest BCUT2D eigenvalue weighted by atomic mass is 9.73. The third-order valence-corrected chi connectivity index (χ3v) is 4.63. The Balaban J connectivity index is 1.89. The zero-order valence-electron chi connectivity index (χ0n) is 10.2. The van der Waals surface area contributed by atoms with Crippen molar-refractivity contribution in [2.24, 2.45) is 27.2 Å². The minimum atomic E-state index is 0.210. The van der Waals surface area contributed by atoms with E-state index in [4.69, 9.17) is 0 Å². The summed E-state index contributed by atoms with van der Waals surface area (Å²) in [6.07, 6.45) is 8.73. The van der Waals surface area contributed by atoms with E-state index in [-0.39, 0.29) is 6.04 Å². The SMILES string of the molecule is CC12CC(CC1CCCN=C=O)C(N=C=O)C2. The quantitative estimate of drug-likeness (QED) is 0.416. The molecule has 0 aliphatic heterocycles. The highest BCUT2D eigenvalue weighted by Gasteiger charge is 2.53. The zero-order valence-corrected chi connectivity index (χ0v) is 10.2. The van der Waals surface area contributed by atoms with Crippen molar-refractivity contribution in [3.05, 3.63) is 0 Å². The molecule has 0 aromatic carbocycles. The molecule has 92 valence electrons. The van der Waals surface area contributed by atoms with Crippen molar-refractivity contribution in [3.63, 3.8) is 0 Å². The summed E-state index contributed by atoms with van der Waals surface area (Å²) in [6.45, 7) is 2.90. The second-order valence-electron chi connectivity index (χ2n) is 5.66. The van der Waals surface area contributed by atoms with Gasteiger partial charge in [0.15, 0.2) is 0 Å². The molecule has 2 bridgehead atoms. The molecule has 0 amide bonds. The molecule has 2 aliphatic carbocycles. The first kappa shape index (κ1) is 12.2. The fourth-order valence-corrected chi connectivity index (χ4v) is 3.83. The second kappa shape index (κ2) is 4.95. The highest BCUT2D eigenvalue weighted by atomic mass is 16.1. The zero-order chi connectivity index (χ0) is 12.3. The number of rotatable bonds is 5. The molecular weight excluding hydrogens is 216 g/mol. The third-order valence-electron chi connectivity index (χ3n) is 4.63. The summed E-state index contributed by atoms with van der Waals surface area (Å²) in [5.74, 6) is 1.27. The molecule has 0 aromatic heterocycles. The van der Waals surface area contributed by atoms with Crippen molar-refractivity contribution in [1.82, 2.24) is 0 Å². The molecule has 0 spiro atoms. The first-order chi connectivity index (χ1) is 8.19. The molecule has 17 heavy (non-hydrogen) atoms. The van der Waals surface area contributed by atoms with Gasteiger partial charge in [-0.25, -0.2) is 19.6 Å². The van der Waals surface area contributed by atoms with Crippen molar-refractivity contribution < 1.29 is 9.59 Å². The molecule has 0 heterocycles. The van der Waals surface area contributed by atoms with Crippen LogP contribution >= 0.6 is 0 Å². The third kappa shape index (κ3) is 2.38. The number of nitrogens with zero attached hydrogens (tertiary/aromatic N) is 2. The predicted molar refractivity (Wildman–Crippen MR) is 63.1 cm³/mol. The maximum Gasteiger partial charge on any atom is 0.235 e. The van der Waals surface area contributed by atoms with Gasteiger partial charge >= 0.3 is 0 Å². The fraction of sp³-hybridized carbons (Fsp3) is 0.846. The molecule has 0 aromatic rings. The van der Waals surface area contributed by atoms with Gasteiger partial charge in [0.2, 0.25) is 12.2 Å². The molecule has 2 saturated carbocycles. The van der Waals surface area contributed by atoms with Gasteiger partial charge in [0.25, 0.3) is 0 Å². The predicted octanol–water partition coefficient (Wildman–Crippen LogP) is 2.24. The molecule has 0 saturated heterocycles. The lowest BCUT2D eigenvalue weighted by Gasteiger charge is -2.33. The number of hydrogen-bond acceptors (Lipinski definition) is 4. The summed E-state index contributed by atoms with van der Waals surface area (Å²) in [4.78, 5) is 27.8. The molecular formula is C13H18N2O2. The average Bonchev–Trinajstić information content (AvgIpc) is 2.77. The van der Waals surface area contributed by atoms with Gasteiger partial charge in [-0.05, 0) is 49.4 Å². The Morgan fingerprint density at radius 2 is 2.12 bits per heavy atom. The van der Waals surface area contributed by atoms with Crippen LogP contribution in [0.25, 0.3) is 0 Å². The van der Waals surface area contributed by atoms with Gasteiger partial charge in [-0.15, -0.1) is 0 Å². The summed E-state index contributed by atoms with van der Waals surface area (Å²) in [6, 6.07) is 0.210. The van der Waals surface area contributed by atoms with Crippen LogP contribution in [-0.4, -0.2) is 24.7 Å². The van der Waals surface area contributed by atoms with E-state index in [0.717, 1.165) is 25.7 Å². The maximum absolute atomic E-state index is 10.3. The highest BCUT2D eigenvalue weighted by Crippen LogP contribution is 2.59. The van der Waals surface area contributed by atoms with Crippen LogP contribution in [0.5, 0.6) is 0 Å². The number of fused-ring (bicyclic) bond motifs is 2. The molecule has 0 radical (unpaired) electrons. The van der Waals surface area contributed by atoms with Gasteiger partial charge < -0.3 is 0 Å². The Hall–Kier alpha value is -1.24. The van der Waals surface area contributed by atoms with Crippen molar-refractivity contribution in [1.29, 1.82) is 0 Å². The van der Waals surface area contributed by atoms with E-state index in [1.165, 1.54) is 6.42 Å². The number of aliphatic imine (C=N–C) groups is 2. The maximum atomic E-state index is 10.3. The van der Waals surface area contributed by atoms with Crippen molar-refractivity contribution in [2.45, 2.75) is 45.1 Å². The minimum absolute atomic E-state index is 0.210. The molecule has 4 heteroatoms. The first-order valence-corrected chi connectivity index (χ1v) is 6.30. The normalized spacial score (nSPS) is 38.5. The van der Waals surface area contributed by atoms with Gasteiger partial charge in [-0.1, -0.05) is 6.92 Å². The lowest BCUT2D eigenvalue weighted by molar-refractivity contribution is 0.184. The largest absolute Gasteiger partial charge is 0.235 e. The molecule has 2 rings (SSSR count). The first-order valence-electron chi connectivity index (χ1n) is 6.30. The van der Waals surface area contributed by atoms with Crippen LogP contribution in [0, 0.1) is 17.3 Å². The monoisotopic (exact) mass is 234 g/mol. The van der Waals surface area contributed by atoms with Crippen LogP contribution in [0.15, 0.2) is 9.98 Å². The van der Waals surface area contributed by atoms with E-state index in [1.54, 1.807) is 12.2 Å². The smallest absolute Gasteiger partial charge is 0.211 e. The van der Waals surface area contributed by atoms with Crippen LogP contribution < -0.4 is 0 Å². The lowest BCUT2D eigenvalue weighted by Crippen LogP contribution is -2.27. The van der Waals surface area contributed by atoms with Crippen molar-refractivity contribution >= 4 is 12.2 Å². The van der Waals surface area contributed by atoms with E-state index in [9.17, 15) is 9.59 Å². The molecule has 4 unspecified atom stereocenters. The standard InChI is InChI=1S/C13H18N2O2/c1-13-6-10(12(7-13)15-9-17)5-11(13)3-2-4-14-8-16/h10-12H,2-7H2,1H3. The summed E-state index contributed by atoms with van der Waals surface area (Å²) in [5, 5.41) is 0. The topological polar surface area (TPSA) is 58.9 Å². The van der Waals surface area contributed by atoms with E-state index in [1.807, 2.05) is 0 Å². The van der Waals surface area contributed by atoms with Gasteiger partial charge in [-0.2, -0.15) is 0 Å². The summed E-state index contributed by atoms with van der Waals surface area (Å²) >= 11 is 0. The molecule has 2 fully saturated rings. The molecule has 4 nitrogen and oxygen atoms in total. The molecule has 2 aliphatic rings. The Morgan fingerprint density at radius 3 is 2.71 bits per heavy atom. The highest BCUT2D eigenvalue weighted by molar-refractivity contribution is 5.34. The minimum Gasteiger partial charge on any atom is -0.211 e. The van der Waals surface area contributed by atoms with Crippen LogP contribution in [-0.2, 0) is 9.59 Å². The van der Waals surface area contributed by atoms with Crippen LogP contribution in [0.1, 0.15) is 39.0 Å². The Kier molecular flexibility index (Phi) is 3.56. The summed E-state index contributed by atoms with van der Waals surface area (Å²) in [7, 11) is 0. The average molecular weight is 234 g/mol. The Morgan fingerprint density at radius 1 is 1.29 bits per heavy atom. The molecule has 0 N–H and O–H groups in total. The van der Waals surface area contributed by atoms with Crippen LogP contribution in [0.2, 0.25) is 0 Å². The van der Waals surface area contributed by atoms with Crippen molar-refractivity contribution in [2.75, 3.05) is 6.54 Å². The van der Waals surface area contributed by atoms with E-state index >= 15 is 0 Å². The summed E-state index contributed by atoms with van der Waals surface area (Å²) in [5.41, 5.74) is 0.334.